The molecule has 2 heterocycles. The van der Waals surface area contributed by atoms with E-state index in [1.807, 2.05) is 0 Å². The van der Waals surface area contributed by atoms with Gasteiger partial charge in [0.15, 0.2) is 5.88 Å². The first kappa shape index (κ1) is 10.0. The van der Waals surface area contributed by atoms with Crippen molar-refractivity contribution >= 4 is 11.9 Å². The zero-order chi connectivity index (χ0) is 10.7. The number of carbonyl (C=O) groups is 1. The van der Waals surface area contributed by atoms with Gasteiger partial charge in [-0.15, -0.1) is 0 Å². The Morgan fingerprint density at radius 1 is 1.47 bits per heavy atom. The van der Waals surface area contributed by atoms with Crippen LogP contribution in [0.15, 0.2) is 16.5 Å². The highest BCUT2D eigenvalue weighted by Crippen LogP contribution is 2.16. The normalized spacial score (nSPS) is 17.6. The Bertz CT molecular complexity index is 342. The lowest BCUT2D eigenvalue weighted by atomic mass is 10.1. The van der Waals surface area contributed by atoms with Crippen molar-refractivity contribution in [2.75, 3.05) is 18.4 Å². The molecule has 1 aromatic rings. The van der Waals surface area contributed by atoms with Gasteiger partial charge in [-0.05, 0) is 32.0 Å². The largest absolute Gasteiger partial charge is 0.475 e. The van der Waals surface area contributed by atoms with Crippen molar-refractivity contribution in [3.8, 4) is 0 Å². The zero-order valence-corrected chi connectivity index (χ0v) is 8.32. The molecule has 5 heteroatoms. The second kappa shape index (κ2) is 4.35. The topological polar surface area (TPSA) is 74.5 Å². The van der Waals surface area contributed by atoms with Gasteiger partial charge in [-0.1, -0.05) is 0 Å². The first-order valence-electron chi connectivity index (χ1n) is 5.06. The van der Waals surface area contributed by atoms with Crippen LogP contribution in [-0.2, 0) is 0 Å². The molecule has 1 saturated heterocycles. The molecule has 1 fully saturated rings. The molecule has 1 aliphatic heterocycles. The highest BCUT2D eigenvalue weighted by Gasteiger charge is 2.15. The van der Waals surface area contributed by atoms with E-state index in [2.05, 4.69) is 10.6 Å². The summed E-state index contributed by atoms with van der Waals surface area (Å²) in [6.45, 7) is 1.98. The van der Waals surface area contributed by atoms with Crippen LogP contribution in [0.2, 0.25) is 0 Å². The fraction of sp³-hybridized carbons (Fsp3) is 0.500. The average molecular weight is 210 g/mol. The number of rotatable bonds is 3. The molecular formula is C10H14N2O3. The van der Waals surface area contributed by atoms with Crippen LogP contribution < -0.4 is 10.6 Å². The second-order valence-corrected chi connectivity index (χ2v) is 3.64. The van der Waals surface area contributed by atoms with Gasteiger partial charge in [0, 0.05) is 12.1 Å². The maximum absolute atomic E-state index is 10.6. The smallest absolute Gasteiger partial charge is 0.371 e. The molecule has 5 nitrogen and oxygen atoms in total. The maximum Gasteiger partial charge on any atom is 0.371 e. The molecule has 3 N–H and O–H groups in total. The van der Waals surface area contributed by atoms with Crippen LogP contribution in [-0.4, -0.2) is 30.2 Å². The van der Waals surface area contributed by atoms with Crippen molar-refractivity contribution in [1.82, 2.24) is 5.32 Å². The zero-order valence-electron chi connectivity index (χ0n) is 8.32. The molecular weight excluding hydrogens is 196 g/mol. The number of hydrogen-bond acceptors (Lipinski definition) is 4. The first-order valence-corrected chi connectivity index (χ1v) is 5.06. The minimum absolute atomic E-state index is 0.0218. The fourth-order valence-electron chi connectivity index (χ4n) is 1.70. The molecule has 1 aromatic heterocycles. The Balaban J connectivity index is 1.94. The highest BCUT2D eigenvalue weighted by atomic mass is 16.4. The van der Waals surface area contributed by atoms with Gasteiger partial charge >= 0.3 is 5.97 Å². The molecule has 0 radical (unpaired) electrons. The van der Waals surface area contributed by atoms with Gasteiger partial charge in [0.25, 0.3) is 0 Å². The Morgan fingerprint density at radius 3 is 2.80 bits per heavy atom. The number of piperidine rings is 1. The van der Waals surface area contributed by atoms with Gasteiger partial charge in [-0.2, -0.15) is 0 Å². The summed E-state index contributed by atoms with van der Waals surface area (Å²) >= 11 is 0. The van der Waals surface area contributed by atoms with Crippen molar-refractivity contribution in [3.63, 3.8) is 0 Å². The lowest BCUT2D eigenvalue weighted by Crippen LogP contribution is -2.35. The van der Waals surface area contributed by atoms with E-state index in [0.717, 1.165) is 25.9 Å². The van der Waals surface area contributed by atoms with Crippen molar-refractivity contribution < 1.29 is 14.3 Å². The standard InChI is InChI=1S/C10H14N2O3/c13-10(14)8-1-2-9(15-8)12-7-3-5-11-6-4-7/h1-2,7,11-12H,3-6H2,(H,13,14). The molecule has 0 atom stereocenters. The molecule has 2 rings (SSSR count). The third-order valence-electron chi connectivity index (χ3n) is 2.50. The van der Waals surface area contributed by atoms with Crippen LogP contribution in [0.4, 0.5) is 5.88 Å². The number of hydrogen-bond donors (Lipinski definition) is 3. The van der Waals surface area contributed by atoms with Gasteiger partial charge in [0.2, 0.25) is 5.76 Å². The fourth-order valence-corrected chi connectivity index (χ4v) is 1.70. The third kappa shape index (κ3) is 2.50. The quantitative estimate of drug-likeness (QED) is 0.697. The summed E-state index contributed by atoms with van der Waals surface area (Å²) in [6.07, 6.45) is 2.06. The van der Waals surface area contributed by atoms with E-state index in [-0.39, 0.29) is 5.76 Å². The van der Waals surface area contributed by atoms with E-state index in [9.17, 15) is 4.79 Å². The van der Waals surface area contributed by atoms with Crippen LogP contribution in [0.25, 0.3) is 0 Å². The monoisotopic (exact) mass is 210 g/mol. The van der Waals surface area contributed by atoms with Gasteiger partial charge < -0.3 is 20.2 Å². The molecule has 0 unspecified atom stereocenters. The Kier molecular flexibility index (Phi) is 2.91. The Morgan fingerprint density at radius 2 is 2.20 bits per heavy atom. The minimum Gasteiger partial charge on any atom is -0.475 e. The van der Waals surface area contributed by atoms with Crippen LogP contribution in [0.1, 0.15) is 23.4 Å². The van der Waals surface area contributed by atoms with Crippen molar-refractivity contribution in [3.05, 3.63) is 17.9 Å². The summed E-state index contributed by atoms with van der Waals surface area (Å²) in [5.74, 6) is -0.515. The Labute approximate surface area is 87.5 Å². The predicted molar refractivity (Wildman–Crippen MR) is 55.2 cm³/mol. The van der Waals surface area contributed by atoms with Gasteiger partial charge in [0.1, 0.15) is 0 Å². The summed E-state index contributed by atoms with van der Waals surface area (Å²) < 4.78 is 5.12. The van der Waals surface area contributed by atoms with Crippen LogP contribution >= 0.6 is 0 Å². The molecule has 0 saturated carbocycles. The van der Waals surface area contributed by atoms with Crippen molar-refractivity contribution in [2.24, 2.45) is 0 Å². The molecule has 0 bridgehead atoms. The number of anilines is 1. The van der Waals surface area contributed by atoms with Crippen molar-refractivity contribution in [1.29, 1.82) is 0 Å². The van der Waals surface area contributed by atoms with Gasteiger partial charge in [-0.25, -0.2) is 4.79 Å². The van der Waals surface area contributed by atoms with E-state index in [1.165, 1.54) is 6.07 Å². The number of aromatic carboxylic acids is 1. The lowest BCUT2D eigenvalue weighted by molar-refractivity contribution is 0.0663. The van der Waals surface area contributed by atoms with Gasteiger partial charge in [-0.3, -0.25) is 0 Å². The van der Waals surface area contributed by atoms with E-state index in [4.69, 9.17) is 9.52 Å². The average Bonchev–Trinajstić information content (AvgIpc) is 2.68. The molecule has 0 aromatic carbocycles. The van der Waals surface area contributed by atoms with Crippen LogP contribution in [0.5, 0.6) is 0 Å². The summed E-state index contributed by atoms with van der Waals surface area (Å²) in [5.41, 5.74) is 0. The van der Waals surface area contributed by atoms with E-state index in [1.54, 1.807) is 6.07 Å². The molecule has 15 heavy (non-hydrogen) atoms. The maximum atomic E-state index is 10.6. The highest BCUT2D eigenvalue weighted by molar-refractivity contribution is 5.84. The minimum atomic E-state index is -1.03. The van der Waals surface area contributed by atoms with E-state index in [0.29, 0.717) is 11.9 Å². The molecule has 1 aliphatic rings. The first-order chi connectivity index (χ1) is 7.25. The Hall–Kier alpha value is -1.49. The SMILES string of the molecule is O=C(O)c1ccc(NC2CCNCC2)o1. The second-order valence-electron chi connectivity index (χ2n) is 3.64. The van der Waals surface area contributed by atoms with E-state index >= 15 is 0 Å². The van der Waals surface area contributed by atoms with Crippen LogP contribution in [0, 0.1) is 0 Å². The van der Waals surface area contributed by atoms with Crippen molar-refractivity contribution in [2.45, 2.75) is 18.9 Å². The van der Waals surface area contributed by atoms with Gasteiger partial charge in [0.05, 0.1) is 0 Å². The summed E-state index contributed by atoms with van der Waals surface area (Å²) in [6, 6.07) is 3.50. The summed E-state index contributed by atoms with van der Waals surface area (Å²) in [7, 11) is 0. The molecule has 82 valence electrons. The molecule has 0 amide bonds. The number of carboxylic acid groups (broad SMARTS) is 1. The van der Waals surface area contributed by atoms with E-state index < -0.39 is 5.97 Å². The molecule has 0 aliphatic carbocycles. The number of furan rings is 1. The summed E-state index contributed by atoms with van der Waals surface area (Å²) in [4.78, 5) is 10.6. The number of nitrogens with one attached hydrogen (secondary N) is 2. The number of carboxylic acids is 1. The third-order valence-corrected chi connectivity index (χ3v) is 2.50. The van der Waals surface area contributed by atoms with Crippen LogP contribution in [0.3, 0.4) is 0 Å². The lowest BCUT2D eigenvalue weighted by Gasteiger charge is -2.23. The molecule has 0 spiro atoms. The predicted octanol–water partition coefficient (Wildman–Crippen LogP) is 1.14. The summed E-state index contributed by atoms with van der Waals surface area (Å²) in [5, 5.41) is 15.1.